The molecule has 0 spiro atoms. The molecule has 1 aliphatic rings. The molecule has 98 valence electrons. The summed E-state index contributed by atoms with van der Waals surface area (Å²) < 4.78 is 5.92. The molecule has 2 atom stereocenters. The van der Waals surface area contributed by atoms with Gasteiger partial charge >= 0.3 is 0 Å². The molecule has 1 aromatic heterocycles. The standard InChI is InChI=1S/C12H14BrClN2O2/c1-7-6-18-3-2-9(7)12(17)16-10-4-8(14)5-15-11(10)13/h4-5,7,9H,2-3,6H2,1H3,(H,16,17). The molecule has 0 bridgehead atoms. The van der Waals surface area contributed by atoms with Crippen LogP contribution in [-0.4, -0.2) is 24.1 Å². The fourth-order valence-corrected chi connectivity index (χ4v) is 2.48. The number of pyridine rings is 1. The molecule has 1 aliphatic heterocycles. The molecule has 1 saturated heterocycles. The topological polar surface area (TPSA) is 51.2 Å². The van der Waals surface area contributed by atoms with Gasteiger partial charge in [0.05, 0.1) is 10.7 Å². The van der Waals surface area contributed by atoms with E-state index in [4.69, 9.17) is 16.3 Å². The molecule has 0 aliphatic carbocycles. The van der Waals surface area contributed by atoms with Gasteiger partial charge in [-0.1, -0.05) is 18.5 Å². The van der Waals surface area contributed by atoms with Crippen molar-refractivity contribution in [1.29, 1.82) is 0 Å². The molecule has 0 aromatic carbocycles. The zero-order chi connectivity index (χ0) is 13.1. The summed E-state index contributed by atoms with van der Waals surface area (Å²) in [6.07, 6.45) is 2.27. The summed E-state index contributed by atoms with van der Waals surface area (Å²) in [4.78, 5) is 16.2. The Hall–Kier alpha value is -0.650. The Balaban J connectivity index is 2.08. The molecule has 2 unspecified atom stereocenters. The smallest absolute Gasteiger partial charge is 0.228 e. The quantitative estimate of drug-likeness (QED) is 0.846. The summed E-state index contributed by atoms with van der Waals surface area (Å²) >= 11 is 9.15. The van der Waals surface area contributed by atoms with Crippen LogP contribution in [0.2, 0.25) is 5.02 Å². The summed E-state index contributed by atoms with van der Waals surface area (Å²) in [6.45, 7) is 3.29. The first-order valence-electron chi connectivity index (χ1n) is 5.77. The highest BCUT2D eigenvalue weighted by molar-refractivity contribution is 9.10. The van der Waals surface area contributed by atoms with Gasteiger partial charge in [-0.3, -0.25) is 4.79 Å². The average Bonchev–Trinajstić information content (AvgIpc) is 2.34. The number of ether oxygens (including phenoxy) is 1. The number of hydrogen-bond acceptors (Lipinski definition) is 3. The molecule has 2 heterocycles. The van der Waals surface area contributed by atoms with Crippen molar-refractivity contribution in [3.63, 3.8) is 0 Å². The van der Waals surface area contributed by atoms with Gasteiger partial charge in [-0.2, -0.15) is 0 Å². The molecule has 1 fully saturated rings. The van der Waals surface area contributed by atoms with Crippen molar-refractivity contribution in [3.8, 4) is 0 Å². The number of halogens is 2. The number of carbonyl (C=O) groups excluding carboxylic acids is 1. The van der Waals surface area contributed by atoms with Gasteiger partial charge in [0.2, 0.25) is 5.91 Å². The number of hydrogen-bond donors (Lipinski definition) is 1. The normalized spacial score (nSPS) is 23.7. The van der Waals surface area contributed by atoms with Crippen LogP contribution in [0.4, 0.5) is 5.69 Å². The SMILES string of the molecule is CC1COCCC1C(=O)Nc1cc(Cl)cnc1Br. The van der Waals surface area contributed by atoms with Crippen LogP contribution in [0.5, 0.6) is 0 Å². The summed E-state index contributed by atoms with van der Waals surface area (Å²) in [5.74, 6) is 0.199. The largest absolute Gasteiger partial charge is 0.381 e. The van der Waals surface area contributed by atoms with Crippen molar-refractivity contribution in [1.82, 2.24) is 4.98 Å². The van der Waals surface area contributed by atoms with Gasteiger partial charge < -0.3 is 10.1 Å². The Morgan fingerprint density at radius 2 is 2.44 bits per heavy atom. The van der Waals surface area contributed by atoms with E-state index >= 15 is 0 Å². The van der Waals surface area contributed by atoms with Crippen molar-refractivity contribution >= 4 is 39.1 Å². The minimum absolute atomic E-state index is 0.00410. The number of carbonyl (C=O) groups is 1. The van der Waals surface area contributed by atoms with Gasteiger partial charge in [0, 0.05) is 25.3 Å². The summed E-state index contributed by atoms with van der Waals surface area (Å²) in [7, 11) is 0. The third-order valence-electron chi connectivity index (χ3n) is 3.04. The van der Waals surface area contributed by atoms with E-state index in [-0.39, 0.29) is 17.7 Å². The molecule has 1 N–H and O–H groups in total. The lowest BCUT2D eigenvalue weighted by Crippen LogP contribution is -2.35. The lowest BCUT2D eigenvalue weighted by Gasteiger charge is -2.27. The van der Waals surface area contributed by atoms with E-state index in [1.165, 1.54) is 6.20 Å². The molecule has 4 nitrogen and oxygen atoms in total. The molecule has 1 aromatic rings. The zero-order valence-corrected chi connectivity index (χ0v) is 12.3. The number of nitrogens with zero attached hydrogens (tertiary/aromatic N) is 1. The summed E-state index contributed by atoms with van der Waals surface area (Å²) in [5.41, 5.74) is 0.603. The highest BCUT2D eigenvalue weighted by Gasteiger charge is 2.28. The molecule has 0 radical (unpaired) electrons. The number of nitrogens with one attached hydrogen (secondary N) is 1. The van der Waals surface area contributed by atoms with Crippen LogP contribution in [-0.2, 0) is 9.53 Å². The van der Waals surface area contributed by atoms with Gasteiger partial charge in [0.15, 0.2) is 0 Å². The lowest BCUT2D eigenvalue weighted by atomic mass is 9.89. The van der Waals surface area contributed by atoms with Crippen molar-refractivity contribution in [2.75, 3.05) is 18.5 Å². The minimum Gasteiger partial charge on any atom is -0.381 e. The maximum absolute atomic E-state index is 12.2. The summed E-state index contributed by atoms with van der Waals surface area (Å²) in [5, 5.41) is 3.36. The predicted octanol–water partition coefficient (Wildman–Crippen LogP) is 3.11. The molecule has 6 heteroatoms. The second-order valence-corrected chi connectivity index (χ2v) is 5.62. The zero-order valence-electron chi connectivity index (χ0n) is 9.95. The van der Waals surface area contributed by atoms with E-state index in [9.17, 15) is 4.79 Å². The number of anilines is 1. The van der Waals surface area contributed by atoms with Crippen molar-refractivity contribution in [2.45, 2.75) is 13.3 Å². The number of amides is 1. The molecule has 2 rings (SSSR count). The van der Waals surface area contributed by atoms with Crippen LogP contribution < -0.4 is 5.32 Å². The predicted molar refractivity (Wildman–Crippen MR) is 73.7 cm³/mol. The number of rotatable bonds is 2. The maximum Gasteiger partial charge on any atom is 0.228 e. The Labute approximate surface area is 119 Å². The highest BCUT2D eigenvalue weighted by atomic mass is 79.9. The molecule has 0 saturated carbocycles. The molecule has 18 heavy (non-hydrogen) atoms. The second kappa shape index (κ2) is 5.99. The summed E-state index contributed by atoms with van der Waals surface area (Å²) in [6, 6.07) is 1.68. The van der Waals surface area contributed by atoms with E-state index in [1.54, 1.807) is 6.07 Å². The third kappa shape index (κ3) is 3.22. The van der Waals surface area contributed by atoms with Crippen LogP contribution >= 0.6 is 27.5 Å². The van der Waals surface area contributed by atoms with Gasteiger partial charge in [-0.15, -0.1) is 0 Å². The fraction of sp³-hybridized carbons (Fsp3) is 0.500. The van der Waals surface area contributed by atoms with Crippen LogP contribution in [0.3, 0.4) is 0 Å². The van der Waals surface area contributed by atoms with E-state index in [0.717, 1.165) is 6.42 Å². The van der Waals surface area contributed by atoms with E-state index in [2.05, 4.69) is 26.2 Å². The van der Waals surface area contributed by atoms with Crippen molar-refractivity contribution in [2.24, 2.45) is 11.8 Å². The Morgan fingerprint density at radius 1 is 1.67 bits per heavy atom. The monoisotopic (exact) mass is 332 g/mol. The average molecular weight is 334 g/mol. The highest BCUT2D eigenvalue weighted by Crippen LogP contribution is 2.27. The molecule has 1 amide bonds. The first-order valence-corrected chi connectivity index (χ1v) is 6.94. The molecular formula is C12H14BrClN2O2. The Kier molecular flexibility index (Phi) is 4.59. The van der Waals surface area contributed by atoms with Crippen molar-refractivity contribution < 1.29 is 9.53 Å². The van der Waals surface area contributed by atoms with Gasteiger partial charge in [0.25, 0.3) is 0 Å². The first-order chi connectivity index (χ1) is 8.58. The Morgan fingerprint density at radius 3 is 3.17 bits per heavy atom. The fourth-order valence-electron chi connectivity index (χ4n) is 2.01. The molecular weight excluding hydrogens is 320 g/mol. The maximum atomic E-state index is 12.2. The van der Waals surface area contributed by atoms with Crippen LogP contribution in [0.15, 0.2) is 16.9 Å². The van der Waals surface area contributed by atoms with E-state index in [1.807, 2.05) is 6.92 Å². The second-order valence-electron chi connectivity index (χ2n) is 4.43. The Bertz CT molecular complexity index is 456. The third-order valence-corrected chi connectivity index (χ3v) is 3.88. The first kappa shape index (κ1) is 13.8. The lowest BCUT2D eigenvalue weighted by molar-refractivity contribution is -0.125. The van der Waals surface area contributed by atoms with Crippen LogP contribution in [0.25, 0.3) is 0 Å². The van der Waals surface area contributed by atoms with E-state index in [0.29, 0.717) is 28.5 Å². The van der Waals surface area contributed by atoms with Crippen molar-refractivity contribution in [3.05, 3.63) is 21.9 Å². The van der Waals surface area contributed by atoms with E-state index < -0.39 is 0 Å². The van der Waals surface area contributed by atoms with Crippen LogP contribution in [0.1, 0.15) is 13.3 Å². The van der Waals surface area contributed by atoms with Gasteiger partial charge in [-0.05, 0) is 34.3 Å². The minimum atomic E-state index is -0.0235. The number of aromatic nitrogens is 1. The van der Waals surface area contributed by atoms with Gasteiger partial charge in [-0.25, -0.2) is 4.98 Å². The van der Waals surface area contributed by atoms with Crippen LogP contribution in [0, 0.1) is 11.8 Å². The van der Waals surface area contributed by atoms with Gasteiger partial charge in [0.1, 0.15) is 4.60 Å².